The monoisotopic (exact) mass is 334 g/mol. The van der Waals surface area contributed by atoms with Gasteiger partial charge in [0.05, 0.1) is 17.7 Å². The molecule has 0 N–H and O–H groups in total. The van der Waals surface area contributed by atoms with E-state index in [-0.39, 0.29) is 5.91 Å². The minimum Gasteiger partial charge on any atom is -0.459 e. The molecule has 3 heterocycles. The average molecular weight is 334 g/mol. The molecule has 1 saturated heterocycles. The molecule has 5 nitrogen and oxygen atoms in total. The molecule has 0 unspecified atom stereocenters. The average Bonchev–Trinajstić information content (AvgIpc) is 3.18. The number of furan rings is 1. The zero-order valence-electron chi connectivity index (χ0n) is 13.6. The Hall–Kier alpha value is -1.69. The molecule has 3 rings (SSSR count). The van der Waals surface area contributed by atoms with E-state index < -0.39 is 0 Å². The van der Waals surface area contributed by atoms with Crippen LogP contribution in [0.15, 0.2) is 27.2 Å². The molecule has 2 aromatic rings. The highest BCUT2D eigenvalue weighted by atomic mass is 32.2. The second-order valence-corrected chi connectivity index (χ2v) is 6.91. The number of nitrogens with zero attached hydrogens (tertiary/aromatic N) is 2. The van der Waals surface area contributed by atoms with Gasteiger partial charge >= 0.3 is 0 Å². The summed E-state index contributed by atoms with van der Waals surface area (Å²) in [5.41, 5.74) is 0.876. The first kappa shape index (κ1) is 16.2. The van der Waals surface area contributed by atoms with E-state index in [1.54, 1.807) is 18.0 Å². The van der Waals surface area contributed by atoms with E-state index in [9.17, 15) is 4.79 Å². The van der Waals surface area contributed by atoms with E-state index in [1.807, 2.05) is 24.0 Å². The molecule has 1 fully saturated rings. The summed E-state index contributed by atoms with van der Waals surface area (Å²) in [7, 11) is 0. The topological polar surface area (TPSA) is 59.5 Å². The number of aryl methyl sites for hydroxylation is 1. The number of oxazole rings is 1. The molecule has 23 heavy (non-hydrogen) atoms. The first-order valence-electron chi connectivity index (χ1n) is 8.02. The summed E-state index contributed by atoms with van der Waals surface area (Å²) in [5.74, 6) is 3.30. The molecule has 0 aliphatic carbocycles. The minimum absolute atomic E-state index is 0.231. The van der Waals surface area contributed by atoms with E-state index in [0.29, 0.717) is 29.2 Å². The van der Waals surface area contributed by atoms with Crippen molar-refractivity contribution in [3.05, 3.63) is 29.9 Å². The van der Waals surface area contributed by atoms with Crippen molar-refractivity contribution in [3.63, 3.8) is 0 Å². The Labute approximate surface area is 140 Å². The van der Waals surface area contributed by atoms with Crippen molar-refractivity contribution in [2.75, 3.05) is 12.3 Å². The van der Waals surface area contributed by atoms with Crippen LogP contribution < -0.4 is 0 Å². The van der Waals surface area contributed by atoms with Gasteiger partial charge in [-0.3, -0.25) is 4.79 Å². The van der Waals surface area contributed by atoms with Gasteiger partial charge in [0.1, 0.15) is 5.76 Å². The molecule has 1 aliphatic rings. The molecule has 0 saturated carbocycles. The van der Waals surface area contributed by atoms with Gasteiger partial charge in [0, 0.05) is 18.3 Å². The zero-order chi connectivity index (χ0) is 16.2. The number of amides is 1. The number of carbonyl (C=O) groups is 1. The number of hydrogen-bond donors (Lipinski definition) is 0. The van der Waals surface area contributed by atoms with Crippen LogP contribution in [-0.4, -0.2) is 34.1 Å². The SMILES string of the molecule is Cc1oc(-c2ccco2)nc1CSCC(=O)N1CCCC[C@@H]1C. The third-order valence-corrected chi connectivity index (χ3v) is 5.14. The highest BCUT2D eigenvalue weighted by molar-refractivity contribution is 7.99. The minimum atomic E-state index is 0.231. The predicted molar refractivity (Wildman–Crippen MR) is 90.1 cm³/mol. The molecule has 0 radical (unpaired) electrons. The summed E-state index contributed by atoms with van der Waals surface area (Å²) < 4.78 is 10.9. The summed E-state index contributed by atoms with van der Waals surface area (Å²) in [4.78, 5) is 18.8. The Morgan fingerprint density at radius 2 is 2.35 bits per heavy atom. The van der Waals surface area contributed by atoms with Crippen molar-refractivity contribution < 1.29 is 13.6 Å². The maximum Gasteiger partial charge on any atom is 0.263 e. The fraction of sp³-hybridized carbons (Fsp3) is 0.529. The van der Waals surface area contributed by atoms with Gasteiger partial charge in [-0.2, -0.15) is 0 Å². The number of thioether (sulfide) groups is 1. The van der Waals surface area contributed by atoms with Gasteiger partial charge in [0.25, 0.3) is 5.89 Å². The lowest BCUT2D eigenvalue weighted by Crippen LogP contribution is -2.42. The summed E-state index contributed by atoms with van der Waals surface area (Å²) in [6.07, 6.45) is 5.06. The van der Waals surface area contributed by atoms with Gasteiger partial charge in [0.15, 0.2) is 5.76 Å². The lowest BCUT2D eigenvalue weighted by atomic mass is 10.0. The van der Waals surface area contributed by atoms with Crippen LogP contribution in [0.3, 0.4) is 0 Å². The zero-order valence-corrected chi connectivity index (χ0v) is 14.4. The summed E-state index contributed by atoms with van der Waals surface area (Å²) in [5, 5.41) is 0. The normalized spacial score (nSPS) is 18.3. The van der Waals surface area contributed by atoms with Crippen LogP contribution in [0.2, 0.25) is 0 Å². The van der Waals surface area contributed by atoms with Crippen molar-refractivity contribution in [2.24, 2.45) is 0 Å². The molecule has 1 aliphatic heterocycles. The van der Waals surface area contributed by atoms with E-state index in [4.69, 9.17) is 8.83 Å². The lowest BCUT2D eigenvalue weighted by Gasteiger charge is -2.33. The van der Waals surface area contributed by atoms with Crippen LogP contribution in [-0.2, 0) is 10.5 Å². The van der Waals surface area contributed by atoms with E-state index >= 15 is 0 Å². The van der Waals surface area contributed by atoms with Crippen molar-refractivity contribution in [1.29, 1.82) is 0 Å². The van der Waals surface area contributed by atoms with E-state index in [1.165, 1.54) is 6.42 Å². The van der Waals surface area contributed by atoms with Crippen molar-refractivity contribution >= 4 is 17.7 Å². The summed E-state index contributed by atoms with van der Waals surface area (Å²) in [6.45, 7) is 4.93. The number of hydrogen-bond acceptors (Lipinski definition) is 5. The van der Waals surface area contributed by atoms with Crippen LogP contribution in [0.1, 0.15) is 37.6 Å². The highest BCUT2D eigenvalue weighted by Gasteiger charge is 2.23. The highest BCUT2D eigenvalue weighted by Crippen LogP contribution is 2.25. The molecule has 1 atom stereocenters. The van der Waals surface area contributed by atoms with Gasteiger partial charge in [-0.05, 0) is 45.2 Å². The maximum atomic E-state index is 12.3. The molecule has 1 amide bonds. The smallest absolute Gasteiger partial charge is 0.263 e. The van der Waals surface area contributed by atoms with Crippen LogP contribution in [0.5, 0.6) is 0 Å². The van der Waals surface area contributed by atoms with Crippen molar-refractivity contribution in [3.8, 4) is 11.7 Å². The quantitative estimate of drug-likeness (QED) is 0.830. The van der Waals surface area contributed by atoms with Gasteiger partial charge in [-0.25, -0.2) is 4.98 Å². The maximum absolute atomic E-state index is 12.3. The van der Waals surface area contributed by atoms with Crippen LogP contribution >= 0.6 is 11.8 Å². The Bertz CT molecular complexity index is 651. The molecule has 6 heteroatoms. The molecule has 0 bridgehead atoms. The van der Waals surface area contributed by atoms with Crippen LogP contribution in [0.25, 0.3) is 11.7 Å². The van der Waals surface area contributed by atoms with Gasteiger partial charge in [-0.1, -0.05) is 0 Å². The third kappa shape index (κ3) is 3.80. The number of aromatic nitrogens is 1. The fourth-order valence-corrected chi connectivity index (χ4v) is 3.76. The number of carbonyl (C=O) groups excluding carboxylic acids is 1. The predicted octanol–water partition coefficient (Wildman–Crippen LogP) is 3.88. The first-order valence-corrected chi connectivity index (χ1v) is 9.18. The number of piperidine rings is 1. The number of likely N-dealkylation sites (tertiary alicyclic amines) is 1. The van der Waals surface area contributed by atoms with Gasteiger partial charge in [-0.15, -0.1) is 11.8 Å². The molecule has 0 spiro atoms. The Morgan fingerprint density at radius 1 is 1.48 bits per heavy atom. The summed E-state index contributed by atoms with van der Waals surface area (Å²) in [6, 6.07) is 4.00. The standard InChI is InChI=1S/C17H22N2O3S/c1-12-6-3-4-8-19(12)16(20)11-23-10-14-13(2)22-17(18-14)15-7-5-9-21-15/h5,7,9,12H,3-4,6,8,10-11H2,1-2H3/t12-/m0/s1. The van der Waals surface area contributed by atoms with Crippen molar-refractivity contribution in [2.45, 2.75) is 44.9 Å². The number of rotatable bonds is 5. The summed E-state index contributed by atoms with van der Waals surface area (Å²) >= 11 is 1.59. The molecule has 124 valence electrons. The van der Waals surface area contributed by atoms with Crippen LogP contribution in [0.4, 0.5) is 0 Å². The van der Waals surface area contributed by atoms with Gasteiger partial charge in [0.2, 0.25) is 5.91 Å². The van der Waals surface area contributed by atoms with E-state index in [0.717, 1.165) is 30.8 Å². The first-order chi connectivity index (χ1) is 11.1. The third-order valence-electron chi connectivity index (χ3n) is 4.21. The second-order valence-electron chi connectivity index (χ2n) is 5.92. The Kier molecular flexibility index (Phi) is 5.10. The second kappa shape index (κ2) is 7.25. The van der Waals surface area contributed by atoms with E-state index in [2.05, 4.69) is 11.9 Å². The Morgan fingerprint density at radius 3 is 3.09 bits per heavy atom. The van der Waals surface area contributed by atoms with Crippen LogP contribution in [0, 0.1) is 6.92 Å². The molecular weight excluding hydrogens is 312 g/mol. The largest absolute Gasteiger partial charge is 0.459 e. The Balaban J connectivity index is 1.53. The fourth-order valence-electron chi connectivity index (χ4n) is 2.85. The van der Waals surface area contributed by atoms with Gasteiger partial charge < -0.3 is 13.7 Å². The lowest BCUT2D eigenvalue weighted by molar-refractivity contribution is -0.131. The molecule has 2 aromatic heterocycles. The molecular formula is C17H22N2O3S. The van der Waals surface area contributed by atoms with Crippen molar-refractivity contribution in [1.82, 2.24) is 9.88 Å². The molecule has 0 aromatic carbocycles.